The van der Waals surface area contributed by atoms with Crippen LogP contribution in [0.4, 0.5) is 0 Å². The minimum absolute atomic E-state index is 0.140. The van der Waals surface area contributed by atoms with Gasteiger partial charge in [0.2, 0.25) is 0 Å². The molecule has 4 heteroatoms. The molecule has 0 amide bonds. The van der Waals surface area contributed by atoms with Crippen LogP contribution < -0.4 is 4.74 Å². The Morgan fingerprint density at radius 3 is 2.73 bits per heavy atom. The summed E-state index contributed by atoms with van der Waals surface area (Å²) in [7, 11) is 1.57. The van der Waals surface area contributed by atoms with Crippen LogP contribution in [0.15, 0.2) is 22.7 Å². The first-order valence-corrected chi connectivity index (χ1v) is 5.32. The molecule has 0 aliphatic carbocycles. The molecule has 0 saturated carbocycles. The van der Waals surface area contributed by atoms with Gasteiger partial charge >= 0.3 is 0 Å². The number of halogens is 1. The van der Waals surface area contributed by atoms with E-state index in [9.17, 15) is 4.79 Å². The molecule has 0 unspecified atom stereocenters. The normalized spacial score (nSPS) is 10.1. The van der Waals surface area contributed by atoms with Gasteiger partial charge in [-0.1, -0.05) is 22.0 Å². The largest absolute Gasteiger partial charge is 0.468 e. The molecule has 0 aliphatic heterocycles. The minimum Gasteiger partial charge on any atom is -0.468 e. The second-order valence-corrected chi connectivity index (χ2v) is 4.04. The van der Waals surface area contributed by atoms with Gasteiger partial charge in [-0.2, -0.15) is 0 Å². The third-order valence-corrected chi connectivity index (χ3v) is 2.55. The highest BCUT2D eigenvalue weighted by Gasteiger charge is 2.04. The van der Waals surface area contributed by atoms with E-state index in [0.29, 0.717) is 6.42 Å². The number of ketones is 1. The van der Waals surface area contributed by atoms with Crippen LogP contribution in [0.5, 0.6) is 5.75 Å². The fraction of sp³-hybridized carbons (Fsp3) is 0.364. The lowest BCUT2D eigenvalue weighted by molar-refractivity contribution is -0.116. The molecule has 0 aromatic heterocycles. The average Bonchev–Trinajstić information content (AvgIpc) is 2.18. The molecule has 0 bridgehead atoms. The molecular formula is C11H13BrO3. The summed E-state index contributed by atoms with van der Waals surface area (Å²) < 4.78 is 10.9. The molecule has 0 N–H and O–H groups in total. The number of hydrogen-bond donors (Lipinski definition) is 0. The van der Waals surface area contributed by atoms with E-state index >= 15 is 0 Å². The van der Waals surface area contributed by atoms with Crippen LogP contribution in [-0.2, 0) is 16.0 Å². The Labute approximate surface area is 97.5 Å². The third-order valence-electron chi connectivity index (χ3n) is 1.81. The zero-order chi connectivity index (χ0) is 11.3. The molecule has 0 radical (unpaired) electrons. The lowest BCUT2D eigenvalue weighted by Gasteiger charge is -2.07. The second-order valence-electron chi connectivity index (χ2n) is 3.18. The van der Waals surface area contributed by atoms with E-state index in [4.69, 9.17) is 9.47 Å². The van der Waals surface area contributed by atoms with Gasteiger partial charge in [-0.15, -0.1) is 0 Å². The summed E-state index contributed by atoms with van der Waals surface area (Å²) in [6.45, 7) is 1.79. The van der Waals surface area contributed by atoms with E-state index in [1.807, 2.05) is 18.2 Å². The molecule has 0 atom stereocenters. The maximum atomic E-state index is 11.0. The molecular weight excluding hydrogens is 260 g/mol. The van der Waals surface area contributed by atoms with Gasteiger partial charge in [0.15, 0.2) is 6.79 Å². The van der Waals surface area contributed by atoms with Gasteiger partial charge in [-0.25, -0.2) is 0 Å². The lowest BCUT2D eigenvalue weighted by atomic mass is 10.1. The van der Waals surface area contributed by atoms with Crippen LogP contribution in [0.3, 0.4) is 0 Å². The summed E-state index contributed by atoms with van der Waals surface area (Å²) in [6.07, 6.45) is 0.436. The maximum Gasteiger partial charge on any atom is 0.188 e. The van der Waals surface area contributed by atoms with E-state index in [-0.39, 0.29) is 12.6 Å². The van der Waals surface area contributed by atoms with E-state index in [2.05, 4.69) is 15.9 Å². The molecule has 0 spiro atoms. The van der Waals surface area contributed by atoms with Crippen molar-refractivity contribution in [1.82, 2.24) is 0 Å². The maximum absolute atomic E-state index is 11.0. The Balaban J connectivity index is 2.74. The highest BCUT2D eigenvalue weighted by atomic mass is 79.9. The van der Waals surface area contributed by atoms with Gasteiger partial charge in [-0.05, 0) is 24.6 Å². The Kier molecular flexibility index (Phi) is 4.78. The molecule has 1 aromatic rings. The average molecular weight is 273 g/mol. The van der Waals surface area contributed by atoms with Gasteiger partial charge in [-0.3, -0.25) is 4.79 Å². The zero-order valence-corrected chi connectivity index (χ0v) is 10.3. The number of ether oxygens (including phenoxy) is 2. The van der Waals surface area contributed by atoms with E-state index in [1.165, 1.54) is 0 Å². The zero-order valence-electron chi connectivity index (χ0n) is 8.75. The van der Waals surface area contributed by atoms with Crippen molar-refractivity contribution >= 4 is 21.7 Å². The van der Waals surface area contributed by atoms with Crippen LogP contribution >= 0.6 is 15.9 Å². The molecule has 15 heavy (non-hydrogen) atoms. The molecule has 1 rings (SSSR count). The van der Waals surface area contributed by atoms with Crippen LogP contribution in [0.2, 0.25) is 0 Å². The number of benzene rings is 1. The van der Waals surface area contributed by atoms with Gasteiger partial charge in [0, 0.05) is 18.0 Å². The van der Waals surface area contributed by atoms with Crippen LogP contribution in [0, 0.1) is 0 Å². The molecule has 82 valence electrons. The number of carbonyl (C=O) groups excluding carboxylic acids is 1. The SMILES string of the molecule is COCOc1ccc(CC(C)=O)c(Br)c1. The van der Waals surface area contributed by atoms with Crippen molar-refractivity contribution in [2.45, 2.75) is 13.3 Å². The van der Waals surface area contributed by atoms with Crippen molar-refractivity contribution in [3.63, 3.8) is 0 Å². The van der Waals surface area contributed by atoms with Crippen molar-refractivity contribution in [2.24, 2.45) is 0 Å². The van der Waals surface area contributed by atoms with Gasteiger partial charge in [0.05, 0.1) is 0 Å². The fourth-order valence-electron chi connectivity index (χ4n) is 1.16. The van der Waals surface area contributed by atoms with Crippen molar-refractivity contribution in [2.75, 3.05) is 13.9 Å². The second kappa shape index (κ2) is 5.88. The smallest absolute Gasteiger partial charge is 0.188 e. The van der Waals surface area contributed by atoms with E-state index in [0.717, 1.165) is 15.8 Å². The quantitative estimate of drug-likeness (QED) is 0.773. The van der Waals surface area contributed by atoms with Crippen LogP contribution in [0.25, 0.3) is 0 Å². The molecule has 0 heterocycles. The van der Waals surface area contributed by atoms with E-state index < -0.39 is 0 Å². The minimum atomic E-state index is 0.140. The number of carbonyl (C=O) groups is 1. The summed E-state index contributed by atoms with van der Waals surface area (Å²) in [5.41, 5.74) is 0.965. The third kappa shape index (κ3) is 4.01. The van der Waals surface area contributed by atoms with E-state index in [1.54, 1.807) is 14.0 Å². The Morgan fingerprint density at radius 1 is 1.47 bits per heavy atom. The summed E-state index contributed by atoms with van der Waals surface area (Å²) in [5.74, 6) is 0.859. The van der Waals surface area contributed by atoms with Gasteiger partial charge < -0.3 is 9.47 Å². The monoisotopic (exact) mass is 272 g/mol. The molecule has 0 fully saturated rings. The van der Waals surface area contributed by atoms with Crippen molar-refractivity contribution < 1.29 is 14.3 Å². The number of Topliss-reactive ketones (excluding diaryl/α,β-unsaturated/α-hetero) is 1. The summed E-state index contributed by atoms with van der Waals surface area (Å²) in [5, 5.41) is 0. The first-order chi connectivity index (χ1) is 7.13. The van der Waals surface area contributed by atoms with Gasteiger partial charge in [0.25, 0.3) is 0 Å². The predicted octanol–water partition coefficient (Wildman–Crippen LogP) is 2.56. The fourth-order valence-corrected chi connectivity index (χ4v) is 1.65. The Hall–Kier alpha value is -0.870. The number of methoxy groups -OCH3 is 1. The number of hydrogen-bond acceptors (Lipinski definition) is 3. The first kappa shape index (κ1) is 12.2. The summed E-state index contributed by atoms with van der Waals surface area (Å²) in [6, 6.07) is 5.52. The molecule has 0 saturated heterocycles. The Morgan fingerprint density at radius 2 is 2.20 bits per heavy atom. The standard InChI is InChI=1S/C11H13BrO3/c1-8(13)5-9-3-4-10(6-11(9)12)15-7-14-2/h3-4,6H,5,7H2,1-2H3. The van der Waals surface area contributed by atoms with Gasteiger partial charge in [0.1, 0.15) is 11.5 Å². The van der Waals surface area contributed by atoms with Crippen molar-refractivity contribution in [3.8, 4) is 5.75 Å². The number of rotatable bonds is 5. The molecule has 0 aliphatic rings. The molecule has 3 nitrogen and oxygen atoms in total. The summed E-state index contributed by atoms with van der Waals surface area (Å²) >= 11 is 3.39. The predicted molar refractivity (Wildman–Crippen MR) is 61.0 cm³/mol. The van der Waals surface area contributed by atoms with Crippen LogP contribution in [-0.4, -0.2) is 19.7 Å². The first-order valence-electron chi connectivity index (χ1n) is 4.53. The highest BCUT2D eigenvalue weighted by Crippen LogP contribution is 2.23. The Bertz CT molecular complexity index is 350. The highest BCUT2D eigenvalue weighted by molar-refractivity contribution is 9.10. The van der Waals surface area contributed by atoms with Crippen LogP contribution in [0.1, 0.15) is 12.5 Å². The summed E-state index contributed by atoms with van der Waals surface area (Å²) in [4.78, 5) is 11.0. The molecule has 1 aromatic carbocycles. The topological polar surface area (TPSA) is 35.5 Å². The lowest BCUT2D eigenvalue weighted by Crippen LogP contribution is -2.00. The van der Waals surface area contributed by atoms with Crippen molar-refractivity contribution in [3.05, 3.63) is 28.2 Å². The van der Waals surface area contributed by atoms with Crippen molar-refractivity contribution in [1.29, 1.82) is 0 Å².